The molecule has 0 N–H and O–H groups in total. The van der Waals surface area contributed by atoms with Gasteiger partial charge in [0.05, 0.1) is 7.11 Å². The summed E-state index contributed by atoms with van der Waals surface area (Å²) in [5, 5.41) is 0. The summed E-state index contributed by atoms with van der Waals surface area (Å²) < 4.78 is 6.40. The highest BCUT2D eigenvalue weighted by atomic mass is 32.2. The fourth-order valence-corrected chi connectivity index (χ4v) is 5.12. The normalized spacial score (nSPS) is 20.6. The molecule has 1 aliphatic carbocycles. The number of benzene rings is 1. The van der Waals surface area contributed by atoms with Crippen LogP contribution in [0.1, 0.15) is 18.4 Å². The molecule has 0 aromatic heterocycles. The summed E-state index contributed by atoms with van der Waals surface area (Å²) in [6.45, 7) is 0. The van der Waals surface area contributed by atoms with Gasteiger partial charge in [0.2, 0.25) is 0 Å². The number of carbonyl (C=O) groups excluding carboxylic acids is 1. The molecule has 1 saturated carbocycles. The molecule has 1 aliphatic heterocycles. The largest absolute Gasteiger partial charge is 0.497 e. The van der Waals surface area contributed by atoms with Crippen LogP contribution < -0.4 is 4.74 Å². The van der Waals surface area contributed by atoms with Crippen LogP contribution in [-0.4, -0.2) is 24.4 Å². The Morgan fingerprint density at radius 1 is 1.09 bits per heavy atom. The molecular weight excluding hydrogens is 312 g/mol. The highest BCUT2D eigenvalue weighted by Gasteiger charge is 2.27. The number of rotatable bonds is 3. The van der Waals surface area contributed by atoms with Gasteiger partial charge in [0, 0.05) is 26.9 Å². The second-order valence-corrected chi connectivity index (χ2v) is 7.59. The van der Waals surface area contributed by atoms with Gasteiger partial charge in [0.15, 0.2) is 5.78 Å². The highest BCUT2D eigenvalue weighted by Crippen LogP contribution is 2.43. The van der Waals surface area contributed by atoms with E-state index in [1.807, 2.05) is 66.0 Å². The average molecular weight is 330 g/mol. The van der Waals surface area contributed by atoms with Crippen LogP contribution in [0.15, 0.2) is 51.8 Å². The van der Waals surface area contributed by atoms with Gasteiger partial charge in [-0.2, -0.15) is 0 Å². The van der Waals surface area contributed by atoms with Crippen LogP contribution in [0.3, 0.4) is 0 Å². The smallest absolute Gasteiger partial charge is 0.186 e. The maximum Gasteiger partial charge on any atom is 0.186 e. The van der Waals surface area contributed by atoms with Gasteiger partial charge in [-0.05, 0) is 30.5 Å². The predicted molar refractivity (Wildman–Crippen MR) is 96.3 cm³/mol. The van der Waals surface area contributed by atoms with Crippen LogP contribution in [0.5, 0.6) is 5.75 Å². The zero-order valence-electron chi connectivity index (χ0n) is 12.5. The Kier molecular flexibility index (Phi) is 5.11. The van der Waals surface area contributed by atoms with E-state index in [2.05, 4.69) is 0 Å². The number of carbonyl (C=O) groups is 1. The third-order valence-corrected chi connectivity index (χ3v) is 6.51. The van der Waals surface area contributed by atoms with Gasteiger partial charge in [-0.15, -0.1) is 23.5 Å². The Balaban J connectivity index is 1.69. The van der Waals surface area contributed by atoms with Crippen LogP contribution >= 0.6 is 23.5 Å². The van der Waals surface area contributed by atoms with Crippen molar-refractivity contribution in [1.82, 2.24) is 0 Å². The monoisotopic (exact) mass is 330 g/mol. The van der Waals surface area contributed by atoms with Gasteiger partial charge in [-0.3, -0.25) is 4.79 Å². The summed E-state index contributed by atoms with van der Waals surface area (Å²) in [5.74, 6) is 3.36. The summed E-state index contributed by atoms with van der Waals surface area (Å²) in [5.41, 5.74) is 3.07. The number of ether oxygens (including phenoxy) is 1. The molecule has 0 spiro atoms. The Hall–Kier alpha value is -1.39. The number of methoxy groups -OCH3 is 1. The first-order valence-electron chi connectivity index (χ1n) is 7.32. The molecular formula is C18H18O2S2. The fraction of sp³-hybridized carbons (Fsp3) is 0.278. The lowest BCUT2D eigenvalue weighted by atomic mass is 10.1. The highest BCUT2D eigenvalue weighted by molar-refractivity contribution is 8.25. The SMILES string of the molecule is COc1ccc(C=CC=C2CCC(=C3SCCS3)C2=O)cc1. The number of allylic oxidation sites excluding steroid dienone is 4. The lowest BCUT2D eigenvalue weighted by molar-refractivity contribution is -0.111. The van der Waals surface area contributed by atoms with Crippen LogP contribution in [-0.2, 0) is 4.79 Å². The third-order valence-electron chi connectivity index (χ3n) is 3.71. The number of hydrogen-bond donors (Lipinski definition) is 0. The van der Waals surface area contributed by atoms with E-state index in [0.29, 0.717) is 0 Å². The van der Waals surface area contributed by atoms with Crippen molar-refractivity contribution in [3.8, 4) is 5.75 Å². The van der Waals surface area contributed by atoms with Crippen molar-refractivity contribution in [1.29, 1.82) is 0 Å². The standard InChI is InChI=1S/C18H18O2S2/c1-20-15-8-5-13(6-9-15)3-2-4-14-7-10-16(17(14)19)18-21-11-12-22-18/h2-6,8-9H,7,10-12H2,1H3. The fourth-order valence-electron chi connectivity index (χ4n) is 2.51. The van der Waals surface area contributed by atoms with Crippen molar-refractivity contribution < 1.29 is 9.53 Å². The molecule has 3 rings (SSSR count). The Morgan fingerprint density at radius 2 is 1.82 bits per heavy atom. The molecule has 0 radical (unpaired) electrons. The second kappa shape index (κ2) is 7.25. The Bertz CT molecular complexity index is 646. The van der Waals surface area contributed by atoms with Gasteiger partial charge >= 0.3 is 0 Å². The number of hydrogen-bond acceptors (Lipinski definition) is 4. The zero-order chi connectivity index (χ0) is 15.4. The second-order valence-electron chi connectivity index (χ2n) is 5.12. The lowest BCUT2D eigenvalue weighted by Gasteiger charge is -1.99. The van der Waals surface area contributed by atoms with Gasteiger partial charge < -0.3 is 4.74 Å². The van der Waals surface area contributed by atoms with E-state index < -0.39 is 0 Å². The van der Waals surface area contributed by atoms with E-state index in [4.69, 9.17) is 4.74 Å². The third kappa shape index (κ3) is 3.50. The molecule has 4 heteroatoms. The summed E-state index contributed by atoms with van der Waals surface area (Å²) in [7, 11) is 1.66. The van der Waals surface area contributed by atoms with Gasteiger partial charge in [0.1, 0.15) is 5.75 Å². The van der Waals surface area contributed by atoms with E-state index in [9.17, 15) is 4.79 Å². The average Bonchev–Trinajstić information content (AvgIpc) is 3.18. The molecule has 1 saturated heterocycles. The van der Waals surface area contributed by atoms with Crippen LogP contribution in [0.25, 0.3) is 6.08 Å². The Morgan fingerprint density at radius 3 is 2.50 bits per heavy atom. The molecule has 0 atom stereocenters. The molecule has 1 heterocycles. The maximum atomic E-state index is 12.4. The Labute approximate surface area is 139 Å². The minimum absolute atomic E-state index is 0.247. The van der Waals surface area contributed by atoms with Gasteiger partial charge in [0.25, 0.3) is 0 Å². The quantitative estimate of drug-likeness (QED) is 0.751. The van der Waals surface area contributed by atoms with E-state index in [1.54, 1.807) is 7.11 Å². The first-order chi connectivity index (χ1) is 10.8. The molecule has 0 bridgehead atoms. The number of Topliss-reactive ketones (excluding diaryl/α,β-unsaturated/α-hetero) is 1. The van der Waals surface area contributed by atoms with E-state index in [1.165, 1.54) is 4.24 Å². The lowest BCUT2D eigenvalue weighted by Crippen LogP contribution is -1.96. The van der Waals surface area contributed by atoms with E-state index in [-0.39, 0.29) is 5.78 Å². The van der Waals surface area contributed by atoms with Crippen molar-refractivity contribution in [3.63, 3.8) is 0 Å². The summed E-state index contributed by atoms with van der Waals surface area (Å²) in [6.07, 6.45) is 7.72. The van der Waals surface area contributed by atoms with Gasteiger partial charge in [-0.25, -0.2) is 0 Å². The maximum absolute atomic E-state index is 12.4. The predicted octanol–water partition coefficient (Wildman–Crippen LogP) is 4.69. The molecule has 0 amide bonds. The first-order valence-corrected chi connectivity index (χ1v) is 9.30. The summed E-state index contributed by atoms with van der Waals surface area (Å²) in [4.78, 5) is 12.4. The molecule has 2 aliphatic rings. The molecule has 1 aromatic carbocycles. The number of thioether (sulfide) groups is 2. The number of ketones is 1. The van der Waals surface area contributed by atoms with Crippen molar-refractivity contribution in [2.24, 2.45) is 0 Å². The minimum atomic E-state index is 0.247. The van der Waals surface area contributed by atoms with E-state index >= 15 is 0 Å². The van der Waals surface area contributed by atoms with Crippen LogP contribution in [0, 0.1) is 0 Å². The molecule has 2 nitrogen and oxygen atoms in total. The zero-order valence-corrected chi connectivity index (χ0v) is 14.1. The molecule has 22 heavy (non-hydrogen) atoms. The molecule has 0 unspecified atom stereocenters. The van der Waals surface area contributed by atoms with E-state index in [0.717, 1.165) is 46.8 Å². The van der Waals surface area contributed by atoms with Crippen molar-refractivity contribution >= 4 is 35.4 Å². The minimum Gasteiger partial charge on any atom is -0.497 e. The molecule has 2 fully saturated rings. The van der Waals surface area contributed by atoms with Crippen LogP contribution in [0.2, 0.25) is 0 Å². The molecule has 114 valence electrons. The summed E-state index contributed by atoms with van der Waals surface area (Å²) in [6, 6.07) is 7.88. The van der Waals surface area contributed by atoms with Crippen molar-refractivity contribution in [2.45, 2.75) is 12.8 Å². The van der Waals surface area contributed by atoms with Crippen molar-refractivity contribution in [3.05, 3.63) is 57.4 Å². The first kappa shape index (κ1) is 15.5. The van der Waals surface area contributed by atoms with Crippen LogP contribution in [0.4, 0.5) is 0 Å². The van der Waals surface area contributed by atoms with Gasteiger partial charge in [-0.1, -0.05) is 30.4 Å². The molecule has 1 aromatic rings. The summed E-state index contributed by atoms with van der Waals surface area (Å²) >= 11 is 3.67. The van der Waals surface area contributed by atoms with Crippen molar-refractivity contribution in [2.75, 3.05) is 18.6 Å². The topological polar surface area (TPSA) is 26.3 Å².